The second-order valence-corrected chi connectivity index (χ2v) is 7.24. The third kappa shape index (κ3) is 5.23. The maximum atomic E-state index is 12.8. The summed E-state index contributed by atoms with van der Waals surface area (Å²) in [5.74, 6) is 1.30. The first kappa shape index (κ1) is 15.5. The molecule has 0 aliphatic heterocycles. The Balaban J connectivity index is 1.79. The topological polar surface area (TPSA) is 24.9 Å². The summed E-state index contributed by atoms with van der Waals surface area (Å²) in [6.45, 7) is 6.31. The third-order valence-corrected chi connectivity index (χ3v) is 4.83. The van der Waals surface area contributed by atoms with Gasteiger partial charge < -0.3 is 5.32 Å². The van der Waals surface area contributed by atoms with Crippen molar-refractivity contribution in [2.24, 2.45) is 5.92 Å². The van der Waals surface area contributed by atoms with Crippen molar-refractivity contribution < 1.29 is 4.39 Å². The molecule has 0 fully saturated rings. The normalized spacial score (nSPS) is 11.2. The van der Waals surface area contributed by atoms with Gasteiger partial charge in [0.25, 0.3) is 0 Å². The lowest BCUT2D eigenvalue weighted by Crippen LogP contribution is -2.18. The van der Waals surface area contributed by atoms with E-state index < -0.39 is 0 Å². The van der Waals surface area contributed by atoms with E-state index in [0.717, 1.165) is 28.7 Å². The predicted octanol–water partition coefficient (Wildman–Crippen LogP) is 4.32. The van der Waals surface area contributed by atoms with Crippen LogP contribution in [0.2, 0.25) is 0 Å². The predicted molar refractivity (Wildman–Crippen MR) is 84.6 cm³/mol. The average molecular weight is 310 g/mol. The minimum atomic E-state index is -0.192. The van der Waals surface area contributed by atoms with E-state index >= 15 is 0 Å². The first-order valence-electron chi connectivity index (χ1n) is 6.66. The molecule has 1 N–H and O–H groups in total. The number of nitrogens with zero attached hydrogens (tertiary/aromatic N) is 1. The first-order chi connectivity index (χ1) is 9.63. The van der Waals surface area contributed by atoms with Crippen LogP contribution in [0, 0.1) is 11.7 Å². The maximum Gasteiger partial charge on any atom is 0.123 e. The first-order valence-corrected chi connectivity index (χ1v) is 8.46. The van der Waals surface area contributed by atoms with E-state index in [9.17, 15) is 4.39 Å². The van der Waals surface area contributed by atoms with Crippen LogP contribution in [0.3, 0.4) is 0 Å². The van der Waals surface area contributed by atoms with Crippen LogP contribution in [0.4, 0.5) is 4.39 Å². The van der Waals surface area contributed by atoms with Gasteiger partial charge in [0.15, 0.2) is 0 Å². The van der Waals surface area contributed by atoms with Crippen LogP contribution in [0.1, 0.15) is 23.7 Å². The lowest BCUT2D eigenvalue weighted by molar-refractivity contribution is 0.554. The summed E-state index contributed by atoms with van der Waals surface area (Å²) in [5.41, 5.74) is 0. The number of benzene rings is 1. The molecule has 2 aromatic rings. The largest absolute Gasteiger partial charge is 0.312 e. The molecular formula is C15H19FN2S2. The van der Waals surface area contributed by atoms with Crippen molar-refractivity contribution in [3.8, 4) is 0 Å². The van der Waals surface area contributed by atoms with Gasteiger partial charge >= 0.3 is 0 Å². The molecule has 0 aliphatic carbocycles. The number of nitrogens with one attached hydrogen (secondary N) is 1. The number of thiazole rings is 1. The van der Waals surface area contributed by atoms with Crippen molar-refractivity contribution in [2.75, 3.05) is 6.54 Å². The molecule has 0 bridgehead atoms. The summed E-state index contributed by atoms with van der Waals surface area (Å²) in [6, 6.07) is 6.59. The molecule has 0 aliphatic rings. The fourth-order valence-corrected chi connectivity index (χ4v) is 3.45. The summed E-state index contributed by atoms with van der Waals surface area (Å²) in [7, 11) is 0. The molecule has 2 nitrogen and oxygen atoms in total. The van der Waals surface area contributed by atoms with Gasteiger partial charge in [0.1, 0.15) is 10.8 Å². The zero-order valence-corrected chi connectivity index (χ0v) is 13.4. The Morgan fingerprint density at radius 3 is 2.75 bits per heavy atom. The van der Waals surface area contributed by atoms with Crippen LogP contribution in [-0.4, -0.2) is 11.5 Å². The highest BCUT2D eigenvalue weighted by atomic mass is 32.2. The van der Waals surface area contributed by atoms with Crippen molar-refractivity contribution in [3.63, 3.8) is 0 Å². The molecule has 1 aromatic heterocycles. The highest BCUT2D eigenvalue weighted by Gasteiger charge is 2.04. The van der Waals surface area contributed by atoms with Crippen LogP contribution in [0.25, 0.3) is 0 Å². The van der Waals surface area contributed by atoms with Gasteiger partial charge in [-0.05, 0) is 36.7 Å². The van der Waals surface area contributed by atoms with Gasteiger partial charge in [0.2, 0.25) is 0 Å². The summed E-state index contributed by atoms with van der Waals surface area (Å²) in [6.07, 6.45) is 1.94. The molecule has 2 rings (SSSR count). The van der Waals surface area contributed by atoms with Gasteiger partial charge in [-0.3, -0.25) is 0 Å². The lowest BCUT2D eigenvalue weighted by Gasteiger charge is -2.04. The summed E-state index contributed by atoms with van der Waals surface area (Å²) in [5, 5.41) is 4.53. The van der Waals surface area contributed by atoms with Crippen molar-refractivity contribution in [1.82, 2.24) is 10.3 Å². The third-order valence-electron chi connectivity index (χ3n) is 2.63. The molecule has 108 valence electrons. The van der Waals surface area contributed by atoms with E-state index in [-0.39, 0.29) is 5.82 Å². The van der Waals surface area contributed by atoms with Crippen molar-refractivity contribution in [3.05, 3.63) is 46.2 Å². The number of rotatable bonds is 7. The highest BCUT2D eigenvalue weighted by Crippen LogP contribution is 2.25. The number of thioether (sulfide) groups is 1. The van der Waals surface area contributed by atoms with Crippen molar-refractivity contribution >= 4 is 23.1 Å². The standard InChI is InChI=1S/C15H19FN2S2/c1-11(2)7-17-8-14-9-18-15(20-14)10-19-13-5-3-12(16)4-6-13/h3-6,9,11,17H,7-8,10H2,1-2H3. The quantitative estimate of drug-likeness (QED) is 0.771. The molecule has 0 atom stereocenters. The summed E-state index contributed by atoms with van der Waals surface area (Å²) in [4.78, 5) is 6.76. The second kappa shape index (κ2) is 7.76. The average Bonchev–Trinajstić information content (AvgIpc) is 2.86. The summed E-state index contributed by atoms with van der Waals surface area (Å²) < 4.78 is 12.8. The smallest absolute Gasteiger partial charge is 0.123 e. The summed E-state index contributed by atoms with van der Waals surface area (Å²) >= 11 is 3.42. The number of hydrogen-bond donors (Lipinski definition) is 1. The van der Waals surface area contributed by atoms with Crippen LogP contribution in [-0.2, 0) is 12.3 Å². The van der Waals surface area contributed by atoms with Crippen LogP contribution in [0.5, 0.6) is 0 Å². The van der Waals surface area contributed by atoms with Gasteiger partial charge in [-0.1, -0.05) is 13.8 Å². The molecule has 1 aromatic carbocycles. The zero-order chi connectivity index (χ0) is 14.4. The number of hydrogen-bond acceptors (Lipinski definition) is 4. The van der Waals surface area contributed by atoms with Crippen LogP contribution >= 0.6 is 23.1 Å². The second-order valence-electron chi connectivity index (χ2n) is 4.99. The molecular weight excluding hydrogens is 291 g/mol. The monoisotopic (exact) mass is 310 g/mol. The van der Waals surface area contributed by atoms with E-state index in [1.807, 2.05) is 6.20 Å². The Kier molecular flexibility index (Phi) is 6.01. The lowest BCUT2D eigenvalue weighted by atomic mass is 10.2. The molecule has 0 unspecified atom stereocenters. The Morgan fingerprint density at radius 1 is 1.30 bits per heavy atom. The van der Waals surface area contributed by atoms with E-state index in [1.165, 1.54) is 17.0 Å². The van der Waals surface area contributed by atoms with Gasteiger partial charge in [-0.25, -0.2) is 9.37 Å². The molecule has 0 radical (unpaired) electrons. The van der Waals surface area contributed by atoms with Gasteiger partial charge in [-0.15, -0.1) is 23.1 Å². The molecule has 0 amide bonds. The Hall–Kier alpha value is -0.910. The maximum absolute atomic E-state index is 12.8. The van der Waals surface area contributed by atoms with Gasteiger partial charge in [0, 0.05) is 22.5 Å². The van der Waals surface area contributed by atoms with Gasteiger partial charge in [-0.2, -0.15) is 0 Å². The van der Waals surface area contributed by atoms with Gasteiger partial charge in [0.05, 0.1) is 5.75 Å². The molecule has 0 spiro atoms. The van der Waals surface area contributed by atoms with Crippen molar-refractivity contribution in [2.45, 2.75) is 31.0 Å². The molecule has 0 saturated heterocycles. The molecule has 20 heavy (non-hydrogen) atoms. The molecule has 5 heteroatoms. The van der Waals surface area contributed by atoms with E-state index in [4.69, 9.17) is 0 Å². The number of aromatic nitrogens is 1. The van der Waals surface area contributed by atoms with E-state index in [2.05, 4.69) is 24.1 Å². The SMILES string of the molecule is CC(C)CNCc1cnc(CSc2ccc(F)cc2)s1. The van der Waals surface area contributed by atoms with E-state index in [0.29, 0.717) is 5.92 Å². The highest BCUT2D eigenvalue weighted by molar-refractivity contribution is 7.98. The minimum absolute atomic E-state index is 0.192. The Labute approximate surface area is 127 Å². The van der Waals surface area contributed by atoms with Crippen LogP contribution in [0.15, 0.2) is 35.4 Å². The zero-order valence-electron chi connectivity index (χ0n) is 11.7. The minimum Gasteiger partial charge on any atom is -0.312 e. The number of halogens is 1. The fourth-order valence-electron chi connectivity index (χ4n) is 1.66. The van der Waals surface area contributed by atoms with Crippen molar-refractivity contribution in [1.29, 1.82) is 0 Å². The van der Waals surface area contributed by atoms with Crippen LogP contribution < -0.4 is 5.32 Å². The fraction of sp³-hybridized carbons (Fsp3) is 0.400. The molecule has 0 saturated carbocycles. The Bertz CT molecular complexity index is 523. The van der Waals surface area contributed by atoms with E-state index in [1.54, 1.807) is 35.2 Å². The Morgan fingerprint density at radius 2 is 2.05 bits per heavy atom. The molecule has 1 heterocycles.